The average Bonchev–Trinajstić information content (AvgIpc) is 2.95. The molecule has 0 aliphatic heterocycles. The number of rotatable bonds is 6. The van der Waals surface area contributed by atoms with Crippen LogP contribution in [0, 0.1) is 0 Å². The van der Waals surface area contributed by atoms with Crippen LogP contribution >= 0.6 is 11.3 Å². The van der Waals surface area contributed by atoms with Gasteiger partial charge in [-0.3, -0.25) is 14.3 Å². The van der Waals surface area contributed by atoms with Gasteiger partial charge in [0.25, 0.3) is 10.0 Å². The second-order valence-electron chi connectivity index (χ2n) is 4.84. The highest BCUT2D eigenvalue weighted by atomic mass is 32.2. The van der Waals surface area contributed by atoms with E-state index in [0.29, 0.717) is 5.56 Å². The van der Waals surface area contributed by atoms with Gasteiger partial charge < -0.3 is 5.32 Å². The Bertz CT molecular complexity index is 841. The Morgan fingerprint density at radius 1 is 1.09 bits per heavy atom. The van der Waals surface area contributed by atoms with Crippen LogP contribution in [0.1, 0.15) is 29.1 Å². The van der Waals surface area contributed by atoms with Crippen LogP contribution in [0.5, 0.6) is 0 Å². The molecule has 1 aromatic heterocycles. The monoisotopic (exact) mass is 352 g/mol. The van der Waals surface area contributed by atoms with Crippen molar-refractivity contribution in [1.82, 2.24) is 5.32 Å². The maximum absolute atomic E-state index is 12.4. The molecule has 0 radical (unpaired) electrons. The molecule has 8 heteroatoms. The van der Waals surface area contributed by atoms with Crippen molar-refractivity contribution in [3.63, 3.8) is 0 Å². The Kier molecular flexibility index (Phi) is 5.17. The molecule has 0 spiro atoms. The van der Waals surface area contributed by atoms with Crippen LogP contribution in [-0.2, 0) is 21.4 Å². The Labute approximate surface area is 138 Å². The minimum atomic E-state index is -3.78. The topological polar surface area (TPSA) is 92.3 Å². The highest BCUT2D eigenvalue weighted by Crippen LogP contribution is 2.25. The summed E-state index contributed by atoms with van der Waals surface area (Å²) in [6.45, 7) is 3.05. The number of ketones is 1. The molecular weight excluding hydrogens is 336 g/mol. The molecular formula is C15H16N2O4S2. The van der Waals surface area contributed by atoms with Crippen LogP contribution in [0.2, 0.25) is 0 Å². The number of nitrogens with one attached hydrogen (secondary N) is 2. The van der Waals surface area contributed by atoms with E-state index in [1.54, 1.807) is 30.3 Å². The van der Waals surface area contributed by atoms with Crippen molar-refractivity contribution in [2.45, 2.75) is 24.6 Å². The fourth-order valence-corrected chi connectivity index (χ4v) is 4.26. The van der Waals surface area contributed by atoms with Gasteiger partial charge >= 0.3 is 0 Å². The van der Waals surface area contributed by atoms with E-state index in [9.17, 15) is 18.0 Å². The summed E-state index contributed by atoms with van der Waals surface area (Å²) < 4.78 is 27.4. The standard InChI is InChI=1S/C15H16N2O4S2/c1-10(18)13-5-3-4-6-14(13)17-23(20,21)15-8-7-12(22-15)9-16-11(2)19/h3-8,17H,9H2,1-2H3,(H,16,19). The molecule has 0 atom stereocenters. The second-order valence-corrected chi connectivity index (χ2v) is 7.92. The van der Waals surface area contributed by atoms with Gasteiger partial charge in [-0.25, -0.2) is 8.42 Å². The summed E-state index contributed by atoms with van der Waals surface area (Å²) in [6.07, 6.45) is 0. The molecule has 2 rings (SSSR count). The molecule has 122 valence electrons. The fraction of sp³-hybridized carbons (Fsp3) is 0.200. The molecule has 0 aliphatic carbocycles. The van der Waals surface area contributed by atoms with E-state index in [1.807, 2.05) is 0 Å². The molecule has 1 heterocycles. The van der Waals surface area contributed by atoms with Crippen molar-refractivity contribution in [3.05, 3.63) is 46.8 Å². The first kappa shape index (κ1) is 17.2. The van der Waals surface area contributed by atoms with Gasteiger partial charge in [0.2, 0.25) is 5.91 Å². The highest BCUT2D eigenvalue weighted by Gasteiger charge is 2.19. The number of hydrogen-bond donors (Lipinski definition) is 2. The summed E-state index contributed by atoms with van der Waals surface area (Å²) in [4.78, 5) is 23.2. The van der Waals surface area contributed by atoms with Gasteiger partial charge in [-0.05, 0) is 31.2 Å². The molecule has 0 saturated heterocycles. The summed E-state index contributed by atoms with van der Waals surface area (Å²) in [5.41, 5.74) is 0.558. The molecule has 2 aromatic rings. The maximum Gasteiger partial charge on any atom is 0.271 e. The zero-order chi connectivity index (χ0) is 17.0. The lowest BCUT2D eigenvalue weighted by atomic mass is 10.1. The van der Waals surface area contributed by atoms with Gasteiger partial charge in [-0.2, -0.15) is 0 Å². The van der Waals surface area contributed by atoms with Crippen LogP contribution < -0.4 is 10.0 Å². The number of anilines is 1. The van der Waals surface area contributed by atoms with E-state index in [4.69, 9.17) is 0 Å². The number of sulfonamides is 1. The number of amides is 1. The molecule has 23 heavy (non-hydrogen) atoms. The van der Waals surface area contributed by atoms with Gasteiger partial charge in [-0.1, -0.05) is 12.1 Å². The summed E-state index contributed by atoms with van der Waals surface area (Å²) in [6, 6.07) is 9.55. The van der Waals surface area contributed by atoms with Crippen LogP contribution in [0.25, 0.3) is 0 Å². The molecule has 1 aromatic carbocycles. The number of benzene rings is 1. The summed E-state index contributed by atoms with van der Waals surface area (Å²) in [5.74, 6) is -0.405. The molecule has 0 fully saturated rings. The molecule has 1 amide bonds. The third-order valence-corrected chi connectivity index (χ3v) is 5.91. The normalized spacial score (nSPS) is 11.0. The van der Waals surface area contributed by atoms with Gasteiger partial charge in [0.05, 0.1) is 12.2 Å². The number of carbonyl (C=O) groups excluding carboxylic acids is 2. The second kappa shape index (κ2) is 6.93. The zero-order valence-electron chi connectivity index (χ0n) is 12.6. The number of Topliss-reactive ketones (excluding diaryl/α,β-unsaturated/α-hetero) is 1. The first-order valence-electron chi connectivity index (χ1n) is 6.75. The van der Waals surface area contributed by atoms with Crippen LogP contribution in [0.4, 0.5) is 5.69 Å². The van der Waals surface area contributed by atoms with E-state index in [0.717, 1.165) is 16.2 Å². The van der Waals surface area contributed by atoms with Crippen molar-refractivity contribution in [3.8, 4) is 0 Å². The number of hydrogen-bond acceptors (Lipinski definition) is 5. The van der Waals surface area contributed by atoms with Gasteiger partial charge in [-0.15, -0.1) is 11.3 Å². The van der Waals surface area contributed by atoms with Crippen molar-refractivity contribution in [2.24, 2.45) is 0 Å². The SMILES string of the molecule is CC(=O)NCc1ccc(S(=O)(=O)Nc2ccccc2C(C)=O)s1. The van der Waals surface area contributed by atoms with E-state index >= 15 is 0 Å². The van der Waals surface area contributed by atoms with E-state index < -0.39 is 10.0 Å². The minimum absolute atomic E-state index is 0.121. The predicted octanol–water partition coefficient (Wildman–Crippen LogP) is 2.39. The fourth-order valence-electron chi connectivity index (χ4n) is 1.88. The molecule has 2 N–H and O–H groups in total. The molecule has 0 unspecified atom stereocenters. The Morgan fingerprint density at radius 3 is 2.43 bits per heavy atom. The van der Waals surface area contributed by atoms with Crippen molar-refractivity contribution >= 4 is 38.7 Å². The maximum atomic E-state index is 12.4. The number of para-hydroxylation sites is 1. The molecule has 0 bridgehead atoms. The summed E-state index contributed by atoms with van der Waals surface area (Å²) in [5, 5.41) is 2.61. The number of thiophene rings is 1. The quantitative estimate of drug-likeness (QED) is 0.781. The molecule has 6 nitrogen and oxygen atoms in total. The lowest BCUT2D eigenvalue weighted by Gasteiger charge is -2.09. The van der Waals surface area contributed by atoms with Gasteiger partial charge in [0, 0.05) is 17.4 Å². The Morgan fingerprint density at radius 2 is 1.78 bits per heavy atom. The van der Waals surface area contributed by atoms with Crippen LogP contribution in [-0.4, -0.2) is 20.1 Å². The molecule has 0 saturated carbocycles. The lowest BCUT2D eigenvalue weighted by Crippen LogP contribution is -2.18. The lowest BCUT2D eigenvalue weighted by molar-refractivity contribution is -0.119. The third kappa shape index (κ3) is 4.40. The van der Waals surface area contributed by atoms with Crippen molar-refractivity contribution in [1.29, 1.82) is 0 Å². The Hall–Kier alpha value is -2.19. The van der Waals surface area contributed by atoms with Crippen LogP contribution in [0.3, 0.4) is 0 Å². The third-order valence-electron chi connectivity index (χ3n) is 2.96. The van der Waals surface area contributed by atoms with Gasteiger partial charge in [0.15, 0.2) is 5.78 Å². The molecule has 0 aliphatic rings. The predicted molar refractivity (Wildman–Crippen MR) is 89.1 cm³/mol. The zero-order valence-corrected chi connectivity index (χ0v) is 14.3. The van der Waals surface area contributed by atoms with Crippen molar-refractivity contribution in [2.75, 3.05) is 4.72 Å². The minimum Gasteiger partial charge on any atom is -0.351 e. The number of carbonyl (C=O) groups is 2. The first-order chi connectivity index (χ1) is 10.8. The smallest absolute Gasteiger partial charge is 0.271 e. The Balaban J connectivity index is 2.23. The highest BCUT2D eigenvalue weighted by molar-refractivity contribution is 7.94. The van der Waals surface area contributed by atoms with Gasteiger partial charge in [0.1, 0.15) is 4.21 Å². The summed E-state index contributed by atoms with van der Waals surface area (Å²) >= 11 is 1.07. The van der Waals surface area contributed by atoms with E-state index in [-0.39, 0.29) is 28.1 Å². The van der Waals surface area contributed by atoms with Crippen molar-refractivity contribution < 1.29 is 18.0 Å². The average molecular weight is 352 g/mol. The first-order valence-corrected chi connectivity index (χ1v) is 9.05. The van der Waals surface area contributed by atoms with E-state index in [2.05, 4.69) is 10.0 Å². The largest absolute Gasteiger partial charge is 0.351 e. The van der Waals surface area contributed by atoms with E-state index in [1.165, 1.54) is 19.9 Å². The van der Waals surface area contributed by atoms with Crippen LogP contribution in [0.15, 0.2) is 40.6 Å². The summed E-state index contributed by atoms with van der Waals surface area (Å²) in [7, 11) is -3.78.